The summed E-state index contributed by atoms with van der Waals surface area (Å²) in [6, 6.07) is 9.87. The normalized spacial score (nSPS) is 10.5. The van der Waals surface area contributed by atoms with Crippen LogP contribution in [0.1, 0.15) is 22.0 Å². The fourth-order valence-electron chi connectivity index (χ4n) is 1.65. The molecule has 0 saturated heterocycles. The minimum Gasteiger partial charge on any atom is -0.388 e. The van der Waals surface area contributed by atoms with Crippen LogP contribution in [0.5, 0.6) is 0 Å². The predicted octanol–water partition coefficient (Wildman–Crippen LogP) is 0.112. The molecule has 1 heterocycles. The van der Waals surface area contributed by atoms with E-state index in [1.165, 1.54) is 4.68 Å². The monoisotopic (exact) mass is 246 g/mol. The molecule has 1 amide bonds. The van der Waals surface area contributed by atoms with E-state index in [2.05, 4.69) is 10.1 Å². The van der Waals surface area contributed by atoms with Crippen LogP contribution in [-0.4, -0.2) is 25.8 Å². The van der Waals surface area contributed by atoms with Gasteiger partial charge in [0.2, 0.25) is 5.82 Å². The molecule has 2 aromatic rings. The molecule has 0 unspecified atom stereocenters. The molecule has 0 saturated carbocycles. The fourth-order valence-corrected chi connectivity index (χ4v) is 1.65. The van der Waals surface area contributed by atoms with Crippen LogP contribution in [0, 0.1) is 0 Å². The highest BCUT2D eigenvalue weighted by atomic mass is 16.3. The van der Waals surface area contributed by atoms with Gasteiger partial charge in [0.25, 0.3) is 5.91 Å². The number of rotatable bonds is 5. The summed E-state index contributed by atoms with van der Waals surface area (Å²) in [5, 5.41) is 13.1. The second kappa shape index (κ2) is 5.42. The molecule has 1 aromatic carbocycles. The van der Waals surface area contributed by atoms with E-state index in [0.717, 1.165) is 12.0 Å². The van der Waals surface area contributed by atoms with Gasteiger partial charge in [-0.05, 0) is 12.0 Å². The third kappa shape index (κ3) is 2.72. The van der Waals surface area contributed by atoms with Crippen molar-refractivity contribution in [2.75, 3.05) is 0 Å². The summed E-state index contributed by atoms with van der Waals surface area (Å²) in [4.78, 5) is 14.8. The number of aromatic nitrogens is 3. The number of carbonyl (C=O) groups excluding carboxylic acids is 1. The van der Waals surface area contributed by atoms with E-state index in [1.807, 2.05) is 30.3 Å². The van der Waals surface area contributed by atoms with Crippen molar-refractivity contribution in [3.8, 4) is 0 Å². The number of primary amides is 1. The highest BCUT2D eigenvalue weighted by Gasteiger charge is 2.12. The van der Waals surface area contributed by atoms with Crippen LogP contribution in [0.25, 0.3) is 0 Å². The first kappa shape index (κ1) is 12.3. The van der Waals surface area contributed by atoms with Gasteiger partial charge in [-0.3, -0.25) is 4.79 Å². The first-order valence-corrected chi connectivity index (χ1v) is 5.59. The largest absolute Gasteiger partial charge is 0.388 e. The number of hydrogen-bond acceptors (Lipinski definition) is 4. The summed E-state index contributed by atoms with van der Waals surface area (Å²) in [6.07, 6.45) is 0.745. The van der Waals surface area contributed by atoms with Crippen LogP contribution >= 0.6 is 0 Å². The Morgan fingerprint density at radius 1 is 1.33 bits per heavy atom. The summed E-state index contributed by atoms with van der Waals surface area (Å²) in [5.74, 6) is -0.407. The van der Waals surface area contributed by atoms with E-state index >= 15 is 0 Å². The third-order valence-electron chi connectivity index (χ3n) is 2.57. The lowest BCUT2D eigenvalue weighted by molar-refractivity contribution is 0.0990. The fraction of sp³-hybridized carbons (Fsp3) is 0.250. The zero-order chi connectivity index (χ0) is 13.0. The molecule has 0 aliphatic heterocycles. The number of aliphatic hydroxyl groups is 1. The van der Waals surface area contributed by atoms with Gasteiger partial charge < -0.3 is 10.8 Å². The summed E-state index contributed by atoms with van der Waals surface area (Å²) in [5.41, 5.74) is 6.25. The van der Waals surface area contributed by atoms with E-state index in [-0.39, 0.29) is 12.4 Å². The highest BCUT2D eigenvalue weighted by Crippen LogP contribution is 2.04. The maximum Gasteiger partial charge on any atom is 0.288 e. The topological polar surface area (TPSA) is 94.0 Å². The maximum atomic E-state index is 11.0. The summed E-state index contributed by atoms with van der Waals surface area (Å²) >= 11 is 0. The molecule has 0 spiro atoms. The van der Waals surface area contributed by atoms with Gasteiger partial charge in [-0.2, -0.15) is 0 Å². The Labute approximate surface area is 104 Å². The zero-order valence-electron chi connectivity index (χ0n) is 9.78. The molecule has 0 aliphatic rings. The van der Waals surface area contributed by atoms with Gasteiger partial charge in [-0.25, -0.2) is 9.67 Å². The summed E-state index contributed by atoms with van der Waals surface area (Å²) in [7, 11) is 0. The number of aliphatic hydroxyl groups excluding tert-OH is 1. The van der Waals surface area contributed by atoms with E-state index in [9.17, 15) is 4.79 Å². The second-order valence-corrected chi connectivity index (χ2v) is 3.83. The minimum atomic E-state index is -0.692. The van der Waals surface area contributed by atoms with Gasteiger partial charge in [0, 0.05) is 6.54 Å². The van der Waals surface area contributed by atoms with Crippen molar-refractivity contribution in [2.45, 2.75) is 19.6 Å². The lowest BCUT2D eigenvalue weighted by Crippen LogP contribution is -2.14. The molecule has 6 heteroatoms. The third-order valence-corrected chi connectivity index (χ3v) is 2.57. The Bertz CT molecular complexity index is 536. The SMILES string of the molecule is NC(=O)c1nc(CO)n(CCc2ccccc2)n1. The lowest BCUT2D eigenvalue weighted by atomic mass is 10.1. The Morgan fingerprint density at radius 3 is 2.67 bits per heavy atom. The molecule has 0 aliphatic carbocycles. The van der Waals surface area contributed by atoms with Gasteiger partial charge >= 0.3 is 0 Å². The van der Waals surface area contributed by atoms with E-state index in [4.69, 9.17) is 10.8 Å². The number of nitrogens with two attached hydrogens (primary N) is 1. The van der Waals surface area contributed by atoms with Crippen molar-refractivity contribution < 1.29 is 9.90 Å². The van der Waals surface area contributed by atoms with Gasteiger partial charge in [0.05, 0.1) is 0 Å². The molecular weight excluding hydrogens is 232 g/mol. The first-order valence-electron chi connectivity index (χ1n) is 5.59. The Hall–Kier alpha value is -2.21. The van der Waals surface area contributed by atoms with E-state index in [1.54, 1.807) is 0 Å². The number of benzene rings is 1. The van der Waals surface area contributed by atoms with Crippen molar-refractivity contribution in [3.05, 3.63) is 47.5 Å². The number of carbonyl (C=O) groups is 1. The highest BCUT2D eigenvalue weighted by molar-refractivity contribution is 5.88. The van der Waals surface area contributed by atoms with E-state index < -0.39 is 5.91 Å². The predicted molar refractivity (Wildman–Crippen MR) is 64.6 cm³/mol. The van der Waals surface area contributed by atoms with Crippen molar-refractivity contribution in [1.29, 1.82) is 0 Å². The molecule has 18 heavy (non-hydrogen) atoms. The zero-order valence-corrected chi connectivity index (χ0v) is 9.78. The average molecular weight is 246 g/mol. The Balaban J connectivity index is 2.11. The number of amides is 1. The molecular formula is C12H14N4O2. The van der Waals surface area contributed by atoms with Gasteiger partial charge in [-0.1, -0.05) is 30.3 Å². The van der Waals surface area contributed by atoms with Crippen LogP contribution in [0.3, 0.4) is 0 Å². The molecule has 0 radical (unpaired) electrons. The smallest absolute Gasteiger partial charge is 0.288 e. The molecule has 0 bridgehead atoms. The maximum absolute atomic E-state index is 11.0. The molecule has 1 aromatic heterocycles. The van der Waals surface area contributed by atoms with Crippen LogP contribution in [0.2, 0.25) is 0 Å². The van der Waals surface area contributed by atoms with Crippen molar-refractivity contribution >= 4 is 5.91 Å². The first-order chi connectivity index (χ1) is 8.70. The van der Waals surface area contributed by atoms with Gasteiger partial charge in [-0.15, -0.1) is 5.10 Å². The quantitative estimate of drug-likeness (QED) is 0.783. The Morgan fingerprint density at radius 2 is 2.06 bits per heavy atom. The van der Waals surface area contributed by atoms with Gasteiger partial charge in [0.1, 0.15) is 6.61 Å². The van der Waals surface area contributed by atoms with Crippen LogP contribution in [0.4, 0.5) is 0 Å². The van der Waals surface area contributed by atoms with Crippen LogP contribution < -0.4 is 5.73 Å². The molecule has 3 N–H and O–H groups in total. The molecule has 2 rings (SSSR count). The lowest BCUT2D eigenvalue weighted by Gasteiger charge is -2.03. The minimum absolute atomic E-state index is 0.0629. The van der Waals surface area contributed by atoms with E-state index in [0.29, 0.717) is 12.4 Å². The summed E-state index contributed by atoms with van der Waals surface area (Å²) in [6.45, 7) is 0.273. The number of hydrogen-bond donors (Lipinski definition) is 2. The molecule has 94 valence electrons. The van der Waals surface area contributed by atoms with Gasteiger partial charge in [0.15, 0.2) is 5.82 Å². The standard InChI is InChI=1S/C12H14N4O2/c13-11(18)12-14-10(8-17)16(15-12)7-6-9-4-2-1-3-5-9/h1-5,17H,6-8H2,(H2,13,18). The number of nitrogens with zero attached hydrogens (tertiary/aromatic N) is 3. The molecule has 0 atom stereocenters. The van der Waals surface area contributed by atoms with Crippen LogP contribution in [0.15, 0.2) is 30.3 Å². The average Bonchev–Trinajstić information content (AvgIpc) is 2.81. The second-order valence-electron chi connectivity index (χ2n) is 3.83. The Kier molecular flexibility index (Phi) is 3.69. The summed E-state index contributed by atoms with van der Waals surface area (Å²) < 4.78 is 1.51. The van der Waals surface area contributed by atoms with Crippen molar-refractivity contribution in [2.24, 2.45) is 5.73 Å². The van der Waals surface area contributed by atoms with Crippen molar-refractivity contribution in [1.82, 2.24) is 14.8 Å². The molecule has 0 fully saturated rings. The van der Waals surface area contributed by atoms with Crippen LogP contribution in [-0.2, 0) is 19.6 Å². The van der Waals surface area contributed by atoms with Crippen molar-refractivity contribution in [3.63, 3.8) is 0 Å². The molecule has 6 nitrogen and oxygen atoms in total. The number of aryl methyl sites for hydroxylation is 2.